The largest absolute Gasteiger partial charge is 0.461 e. The molecule has 82 valence electrons. The molecule has 4 N–H and O–H groups in total. The third-order valence-electron chi connectivity index (χ3n) is 2.17. The lowest BCUT2D eigenvalue weighted by Crippen LogP contribution is -2.12. The molecule has 0 saturated carbocycles. The third-order valence-corrected chi connectivity index (χ3v) is 2.42. The van der Waals surface area contributed by atoms with Gasteiger partial charge >= 0.3 is 0 Å². The van der Waals surface area contributed by atoms with Gasteiger partial charge in [0, 0.05) is 10.6 Å². The maximum absolute atomic E-state index is 11.2. The molecule has 0 spiro atoms. The van der Waals surface area contributed by atoms with Gasteiger partial charge in [0.1, 0.15) is 17.6 Å². The number of furan rings is 1. The van der Waals surface area contributed by atoms with Crippen molar-refractivity contribution in [2.75, 3.05) is 5.73 Å². The molecule has 1 aromatic carbocycles. The number of anilines is 1. The summed E-state index contributed by atoms with van der Waals surface area (Å²) in [6.45, 7) is 0. The second-order valence-electron chi connectivity index (χ2n) is 3.27. The summed E-state index contributed by atoms with van der Waals surface area (Å²) >= 11 is 5.76. The summed E-state index contributed by atoms with van der Waals surface area (Å²) in [5.74, 6) is -0.252. The number of carbonyl (C=O) groups is 1. The fraction of sp³-hybridized carbons (Fsp3) is 0. The van der Waals surface area contributed by atoms with Gasteiger partial charge in [0.15, 0.2) is 0 Å². The van der Waals surface area contributed by atoms with E-state index in [2.05, 4.69) is 0 Å². The highest BCUT2D eigenvalue weighted by Gasteiger charge is 2.17. The molecule has 0 unspecified atom stereocenters. The zero-order chi connectivity index (χ0) is 11.7. The van der Waals surface area contributed by atoms with E-state index in [0.29, 0.717) is 16.3 Å². The number of amides is 1. The summed E-state index contributed by atoms with van der Waals surface area (Å²) in [5, 5.41) is 0.601. The molecule has 0 radical (unpaired) electrons. The van der Waals surface area contributed by atoms with Gasteiger partial charge in [-0.2, -0.15) is 0 Å². The van der Waals surface area contributed by atoms with E-state index >= 15 is 0 Å². The number of carbonyl (C=O) groups excluding carboxylic acids is 1. The minimum absolute atomic E-state index is 0.197. The van der Waals surface area contributed by atoms with E-state index in [9.17, 15) is 4.79 Å². The van der Waals surface area contributed by atoms with Gasteiger partial charge in [0.05, 0.1) is 5.69 Å². The second-order valence-corrected chi connectivity index (χ2v) is 3.70. The van der Waals surface area contributed by atoms with Crippen LogP contribution < -0.4 is 11.5 Å². The van der Waals surface area contributed by atoms with E-state index in [4.69, 9.17) is 27.5 Å². The Balaban J connectivity index is 2.56. The Labute approximate surface area is 96.8 Å². The highest BCUT2D eigenvalue weighted by Crippen LogP contribution is 2.30. The van der Waals surface area contributed by atoms with Crippen LogP contribution in [-0.4, -0.2) is 5.91 Å². The lowest BCUT2D eigenvalue weighted by molar-refractivity contribution is 0.100. The monoisotopic (exact) mass is 236 g/mol. The van der Waals surface area contributed by atoms with Crippen molar-refractivity contribution in [3.05, 3.63) is 41.1 Å². The van der Waals surface area contributed by atoms with Crippen molar-refractivity contribution in [2.24, 2.45) is 5.73 Å². The fourth-order valence-electron chi connectivity index (χ4n) is 1.44. The second kappa shape index (κ2) is 3.90. The van der Waals surface area contributed by atoms with Gasteiger partial charge in [-0.05, 0) is 24.3 Å². The van der Waals surface area contributed by atoms with Crippen LogP contribution in [0.15, 0.2) is 34.9 Å². The molecule has 2 aromatic rings. The minimum atomic E-state index is -0.615. The quantitative estimate of drug-likeness (QED) is 0.839. The molecule has 16 heavy (non-hydrogen) atoms. The average molecular weight is 237 g/mol. The first-order chi connectivity index (χ1) is 7.59. The van der Waals surface area contributed by atoms with Gasteiger partial charge in [-0.3, -0.25) is 4.79 Å². The van der Waals surface area contributed by atoms with Crippen molar-refractivity contribution in [1.29, 1.82) is 0 Å². The van der Waals surface area contributed by atoms with E-state index < -0.39 is 5.91 Å². The Morgan fingerprint density at radius 2 is 1.88 bits per heavy atom. The van der Waals surface area contributed by atoms with Gasteiger partial charge in [-0.25, -0.2) is 0 Å². The van der Waals surface area contributed by atoms with Crippen LogP contribution in [0.25, 0.3) is 11.3 Å². The Morgan fingerprint density at radius 3 is 2.44 bits per heavy atom. The number of halogens is 1. The van der Waals surface area contributed by atoms with Crippen LogP contribution in [0.5, 0.6) is 0 Å². The molecule has 5 heteroatoms. The van der Waals surface area contributed by atoms with Crippen molar-refractivity contribution in [1.82, 2.24) is 0 Å². The molecule has 0 aliphatic heterocycles. The van der Waals surface area contributed by atoms with Gasteiger partial charge in [0.2, 0.25) is 0 Å². The Morgan fingerprint density at radius 1 is 1.25 bits per heavy atom. The summed E-state index contributed by atoms with van der Waals surface area (Å²) in [6.07, 6.45) is 1.30. The number of nitrogen functional groups attached to an aromatic ring is 1. The Kier molecular flexibility index (Phi) is 2.58. The topological polar surface area (TPSA) is 82.2 Å². The smallest absolute Gasteiger partial charge is 0.254 e. The van der Waals surface area contributed by atoms with Crippen molar-refractivity contribution in [2.45, 2.75) is 0 Å². The zero-order valence-corrected chi connectivity index (χ0v) is 8.99. The number of nitrogens with two attached hydrogens (primary N) is 2. The van der Waals surface area contributed by atoms with E-state index in [1.165, 1.54) is 6.26 Å². The molecular formula is C11H9ClN2O2. The lowest BCUT2D eigenvalue weighted by atomic mass is 10.1. The van der Waals surface area contributed by atoms with Crippen molar-refractivity contribution < 1.29 is 9.21 Å². The summed E-state index contributed by atoms with van der Waals surface area (Å²) in [7, 11) is 0. The van der Waals surface area contributed by atoms with Gasteiger partial charge < -0.3 is 15.9 Å². The molecule has 4 nitrogen and oxygen atoms in total. The number of benzene rings is 1. The summed E-state index contributed by atoms with van der Waals surface area (Å²) in [5.41, 5.74) is 11.9. The first-order valence-electron chi connectivity index (χ1n) is 4.52. The van der Waals surface area contributed by atoms with Crippen LogP contribution in [0.3, 0.4) is 0 Å². The molecule has 0 aliphatic rings. The number of hydrogen-bond acceptors (Lipinski definition) is 3. The van der Waals surface area contributed by atoms with Crippen LogP contribution in [0.4, 0.5) is 5.69 Å². The molecule has 0 fully saturated rings. The number of primary amides is 1. The van der Waals surface area contributed by atoms with Crippen LogP contribution in [0.1, 0.15) is 10.4 Å². The molecule has 1 amide bonds. The Hall–Kier alpha value is -1.94. The predicted octanol–water partition coefficient (Wildman–Crippen LogP) is 2.28. The molecule has 0 bridgehead atoms. The fourth-order valence-corrected chi connectivity index (χ4v) is 1.57. The zero-order valence-electron chi connectivity index (χ0n) is 8.24. The molecule has 1 heterocycles. The third kappa shape index (κ3) is 1.75. The van der Waals surface area contributed by atoms with Crippen LogP contribution >= 0.6 is 11.6 Å². The van der Waals surface area contributed by atoms with E-state index in [-0.39, 0.29) is 11.3 Å². The van der Waals surface area contributed by atoms with E-state index in [1.54, 1.807) is 24.3 Å². The molecule has 0 atom stereocenters. The summed E-state index contributed by atoms with van der Waals surface area (Å²) in [4.78, 5) is 11.2. The Bertz CT molecular complexity index is 531. The normalized spacial score (nSPS) is 10.3. The lowest BCUT2D eigenvalue weighted by Gasteiger charge is -2.00. The summed E-state index contributed by atoms with van der Waals surface area (Å²) < 4.78 is 5.21. The first kappa shape index (κ1) is 10.6. The maximum Gasteiger partial charge on any atom is 0.254 e. The van der Waals surface area contributed by atoms with Gasteiger partial charge in [-0.1, -0.05) is 11.6 Å². The number of rotatable bonds is 2. The van der Waals surface area contributed by atoms with Gasteiger partial charge in [0.25, 0.3) is 5.91 Å². The highest BCUT2D eigenvalue weighted by atomic mass is 35.5. The van der Waals surface area contributed by atoms with E-state index in [0.717, 1.165) is 0 Å². The first-order valence-corrected chi connectivity index (χ1v) is 4.90. The average Bonchev–Trinajstić information content (AvgIpc) is 2.61. The molecule has 2 rings (SSSR count). The molecule has 1 aromatic heterocycles. The van der Waals surface area contributed by atoms with Crippen LogP contribution in [-0.2, 0) is 0 Å². The van der Waals surface area contributed by atoms with E-state index in [1.807, 2.05) is 0 Å². The van der Waals surface area contributed by atoms with Crippen molar-refractivity contribution in [3.63, 3.8) is 0 Å². The summed E-state index contributed by atoms with van der Waals surface area (Å²) in [6, 6.07) is 6.85. The predicted molar refractivity (Wildman–Crippen MR) is 62.1 cm³/mol. The molecular weight excluding hydrogens is 228 g/mol. The van der Waals surface area contributed by atoms with Crippen LogP contribution in [0, 0.1) is 0 Å². The number of hydrogen-bond donors (Lipinski definition) is 2. The highest BCUT2D eigenvalue weighted by molar-refractivity contribution is 6.30. The van der Waals surface area contributed by atoms with Crippen molar-refractivity contribution in [3.8, 4) is 11.3 Å². The molecule has 0 aliphatic carbocycles. The van der Waals surface area contributed by atoms with Gasteiger partial charge in [-0.15, -0.1) is 0 Å². The maximum atomic E-state index is 11.2. The standard InChI is InChI=1S/C11H9ClN2O2/c12-7-3-1-6(2-4-7)10-9(11(14)15)8(13)5-16-10/h1-5H,13H2,(H2,14,15). The molecule has 0 saturated heterocycles. The minimum Gasteiger partial charge on any atom is -0.461 e. The SMILES string of the molecule is NC(=O)c1c(N)coc1-c1ccc(Cl)cc1. The van der Waals surface area contributed by atoms with Crippen LogP contribution in [0.2, 0.25) is 5.02 Å². The van der Waals surface area contributed by atoms with Crippen molar-refractivity contribution >= 4 is 23.2 Å².